The molecule has 1 aliphatic carbocycles. The van der Waals surface area contributed by atoms with E-state index in [1.165, 1.54) is 0 Å². The molecule has 0 aromatic heterocycles. The summed E-state index contributed by atoms with van der Waals surface area (Å²) in [6.45, 7) is 5.44. The number of hydrogen-bond donors (Lipinski definition) is 1. The molecule has 0 aliphatic heterocycles. The van der Waals surface area contributed by atoms with Gasteiger partial charge in [0, 0.05) is 6.04 Å². The van der Waals surface area contributed by atoms with Crippen LogP contribution in [-0.4, -0.2) is 18.1 Å². The molecule has 1 N–H and O–H groups in total. The molecular weight excluding hydrogens is 207 g/mol. The van der Waals surface area contributed by atoms with Crippen LogP contribution in [0.25, 0.3) is 0 Å². The summed E-state index contributed by atoms with van der Waals surface area (Å²) in [5.74, 6) is -0.728. The standard InChI is InChI=1S/C10H16F3NO/c1-6(2)7(3)14-8(15)9(4-5-9)10(11,12)13/h6-7H,4-5H2,1-3H3,(H,14,15). The van der Waals surface area contributed by atoms with Gasteiger partial charge in [-0.3, -0.25) is 4.79 Å². The zero-order valence-corrected chi connectivity index (χ0v) is 9.11. The van der Waals surface area contributed by atoms with Gasteiger partial charge >= 0.3 is 6.18 Å². The first-order valence-electron chi connectivity index (χ1n) is 5.08. The molecule has 2 nitrogen and oxygen atoms in total. The number of carbonyl (C=O) groups is 1. The van der Waals surface area contributed by atoms with Crippen molar-refractivity contribution in [3.63, 3.8) is 0 Å². The third-order valence-electron chi connectivity index (χ3n) is 3.09. The van der Waals surface area contributed by atoms with Gasteiger partial charge in [-0.2, -0.15) is 13.2 Å². The van der Waals surface area contributed by atoms with Crippen molar-refractivity contribution in [2.45, 2.75) is 45.8 Å². The SMILES string of the molecule is CC(C)C(C)NC(=O)C1(C(F)(F)F)CC1. The van der Waals surface area contributed by atoms with Gasteiger partial charge in [-0.15, -0.1) is 0 Å². The van der Waals surface area contributed by atoms with E-state index < -0.39 is 17.5 Å². The third-order valence-corrected chi connectivity index (χ3v) is 3.09. The van der Waals surface area contributed by atoms with Crippen molar-refractivity contribution in [1.82, 2.24) is 5.32 Å². The smallest absolute Gasteiger partial charge is 0.353 e. The minimum atomic E-state index is -4.41. The Kier molecular flexibility index (Phi) is 3.03. The Bertz CT molecular complexity index is 256. The average molecular weight is 223 g/mol. The number of rotatable bonds is 3. The molecule has 0 heterocycles. The molecule has 0 radical (unpaired) electrons. The van der Waals surface area contributed by atoms with Crippen LogP contribution in [-0.2, 0) is 4.79 Å². The van der Waals surface area contributed by atoms with Crippen LogP contribution < -0.4 is 5.32 Å². The Balaban J connectivity index is 2.63. The Morgan fingerprint density at radius 3 is 2.00 bits per heavy atom. The van der Waals surface area contributed by atoms with Crippen molar-refractivity contribution < 1.29 is 18.0 Å². The molecule has 1 fully saturated rings. The number of nitrogens with one attached hydrogen (secondary N) is 1. The topological polar surface area (TPSA) is 29.1 Å². The number of halogens is 3. The highest BCUT2D eigenvalue weighted by Gasteiger charge is 2.68. The van der Waals surface area contributed by atoms with Crippen molar-refractivity contribution in [2.75, 3.05) is 0 Å². The first kappa shape index (κ1) is 12.3. The highest BCUT2D eigenvalue weighted by atomic mass is 19.4. The van der Waals surface area contributed by atoms with E-state index in [1.807, 2.05) is 13.8 Å². The predicted octanol–water partition coefficient (Wildman–Crippen LogP) is 2.49. The van der Waals surface area contributed by atoms with Gasteiger partial charge in [0.1, 0.15) is 5.41 Å². The molecule has 0 spiro atoms. The monoisotopic (exact) mass is 223 g/mol. The van der Waals surface area contributed by atoms with Crippen molar-refractivity contribution in [3.05, 3.63) is 0 Å². The lowest BCUT2D eigenvalue weighted by atomic mass is 10.0. The average Bonchev–Trinajstić information content (AvgIpc) is 2.81. The summed E-state index contributed by atoms with van der Waals surface area (Å²) in [5.41, 5.74) is -2.09. The number of hydrogen-bond acceptors (Lipinski definition) is 1. The van der Waals surface area contributed by atoms with Crippen LogP contribution in [0.2, 0.25) is 0 Å². The Morgan fingerprint density at radius 2 is 1.73 bits per heavy atom. The van der Waals surface area contributed by atoms with Crippen LogP contribution in [0.15, 0.2) is 0 Å². The maximum Gasteiger partial charge on any atom is 0.403 e. The molecule has 0 aromatic rings. The summed E-state index contributed by atoms with van der Waals surface area (Å²) in [7, 11) is 0. The minimum absolute atomic E-state index is 0.0762. The zero-order valence-electron chi connectivity index (χ0n) is 9.11. The van der Waals surface area contributed by atoms with Crippen LogP contribution in [0, 0.1) is 11.3 Å². The van der Waals surface area contributed by atoms with Gasteiger partial charge in [0.05, 0.1) is 0 Å². The van der Waals surface area contributed by atoms with E-state index >= 15 is 0 Å². The van der Waals surface area contributed by atoms with E-state index in [0.29, 0.717) is 0 Å². The van der Waals surface area contributed by atoms with Crippen LogP contribution in [0.3, 0.4) is 0 Å². The van der Waals surface area contributed by atoms with Gasteiger partial charge in [0.25, 0.3) is 0 Å². The molecule has 1 saturated carbocycles. The molecule has 1 amide bonds. The van der Waals surface area contributed by atoms with Crippen LogP contribution in [0.5, 0.6) is 0 Å². The minimum Gasteiger partial charge on any atom is -0.353 e. The molecule has 5 heteroatoms. The molecular formula is C10H16F3NO. The van der Waals surface area contributed by atoms with E-state index in [0.717, 1.165) is 0 Å². The summed E-state index contributed by atoms with van der Waals surface area (Å²) < 4.78 is 37.6. The maximum atomic E-state index is 12.5. The van der Waals surface area contributed by atoms with Crippen LogP contribution in [0.1, 0.15) is 33.6 Å². The molecule has 1 atom stereocenters. The second-order valence-electron chi connectivity index (χ2n) is 4.59. The second-order valence-corrected chi connectivity index (χ2v) is 4.59. The fourth-order valence-corrected chi connectivity index (χ4v) is 1.28. The normalized spacial score (nSPS) is 21.3. The molecule has 0 bridgehead atoms. The lowest BCUT2D eigenvalue weighted by molar-refractivity contribution is -0.192. The molecule has 0 saturated heterocycles. The highest BCUT2D eigenvalue weighted by molar-refractivity contribution is 5.86. The van der Waals surface area contributed by atoms with Crippen molar-refractivity contribution in [3.8, 4) is 0 Å². The van der Waals surface area contributed by atoms with E-state index in [9.17, 15) is 18.0 Å². The second kappa shape index (κ2) is 3.68. The molecule has 1 unspecified atom stereocenters. The summed E-state index contributed by atoms with van der Waals surface area (Å²) in [6, 6.07) is -0.225. The lowest BCUT2D eigenvalue weighted by Crippen LogP contribution is -2.46. The lowest BCUT2D eigenvalue weighted by Gasteiger charge is -2.23. The van der Waals surface area contributed by atoms with Crippen molar-refractivity contribution in [2.24, 2.45) is 11.3 Å². The Labute approximate surface area is 87.2 Å². The largest absolute Gasteiger partial charge is 0.403 e. The number of alkyl halides is 3. The van der Waals surface area contributed by atoms with Gasteiger partial charge in [0.2, 0.25) is 5.91 Å². The molecule has 1 rings (SSSR count). The Morgan fingerprint density at radius 1 is 1.27 bits per heavy atom. The quantitative estimate of drug-likeness (QED) is 0.782. The molecule has 88 valence electrons. The maximum absolute atomic E-state index is 12.5. The molecule has 1 aliphatic rings. The van der Waals surface area contributed by atoms with Gasteiger partial charge in [-0.25, -0.2) is 0 Å². The summed E-state index contributed by atoms with van der Waals surface area (Å²) >= 11 is 0. The van der Waals surface area contributed by atoms with Gasteiger partial charge in [-0.05, 0) is 25.7 Å². The molecule has 0 aromatic carbocycles. The van der Waals surface area contributed by atoms with E-state index in [1.54, 1.807) is 6.92 Å². The highest BCUT2D eigenvalue weighted by Crippen LogP contribution is 2.57. The third kappa shape index (κ3) is 2.26. The fourth-order valence-electron chi connectivity index (χ4n) is 1.28. The summed E-state index contributed by atoms with van der Waals surface area (Å²) in [6.07, 6.45) is -4.56. The van der Waals surface area contributed by atoms with E-state index in [4.69, 9.17) is 0 Å². The van der Waals surface area contributed by atoms with Crippen molar-refractivity contribution >= 4 is 5.91 Å². The summed E-state index contributed by atoms with van der Waals surface area (Å²) in [4.78, 5) is 11.5. The Hall–Kier alpha value is -0.740. The fraction of sp³-hybridized carbons (Fsp3) is 0.900. The van der Waals surface area contributed by atoms with Crippen LogP contribution >= 0.6 is 0 Å². The first-order chi connectivity index (χ1) is 6.71. The van der Waals surface area contributed by atoms with Crippen molar-refractivity contribution in [1.29, 1.82) is 0 Å². The van der Waals surface area contributed by atoms with Gasteiger partial charge in [-0.1, -0.05) is 13.8 Å². The zero-order chi connectivity index (χ0) is 11.9. The first-order valence-corrected chi connectivity index (χ1v) is 5.08. The van der Waals surface area contributed by atoms with E-state index in [2.05, 4.69) is 5.32 Å². The van der Waals surface area contributed by atoms with Gasteiger partial charge in [0.15, 0.2) is 0 Å². The van der Waals surface area contributed by atoms with Gasteiger partial charge < -0.3 is 5.32 Å². The van der Waals surface area contributed by atoms with E-state index in [-0.39, 0.29) is 24.8 Å². The van der Waals surface area contributed by atoms with Crippen LogP contribution in [0.4, 0.5) is 13.2 Å². The molecule has 15 heavy (non-hydrogen) atoms. The number of carbonyl (C=O) groups excluding carboxylic acids is 1. The summed E-state index contributed by atoms with van der Waals surface area (Å²) in [5, 5.41) is 2.43. The number of amides is 1. The predicted molar refractivity (Wildman–Crippen MR) is 50.2 cm³/mol.